The lowest BCUT2D eigenvalue weighted by Gasteiger charge is -2.34. The highest BCUT2D eigenvalue weighted by molar-refractivity contribution is 7.71. The summed E-state index contributed by atoms with van der Waals surface area (Å²) in [5.74, 6) is 2.29. The molecule has 0 N–H and O–H groups in total. The van der Waals surface area contributed by atoms with Gasteiger partial charge in [0, 0.05) is 58.2 Å². The van der Waals surface area contributed by atoms with Crippen LogP contribution < -0.4 is 9.80 Å². The largest absolute Gasteiger partial charge is 0.378 e. The summed E-state index contributed by atoms with van der Waals surface area (Å²) in [6.07, 6.45) is 3.59. The lowest BCUT2D eigenvalue weighted by molar-refractivity contribution is 0.121. The highest BCUT2D eigenvalue weighted by atomic mass is 32.1. The average molecular weight is 419 g/mol. The summed E-state index contributed by atoms with van der Waals surface area (Å²) in [5, 5.41) is 4.92. The molecule has 0 unspecified atom stereocenters. The van der Waals surface area contributed by atoms with E-state index in [0.717, 1.165) is 75.7 Å². The van der Waals surface area contributed by atoms with E-state index in [9.17, 15) is 0 Å². The van der Waals surface area contributed by atoms with Gasteiger partial charge in [0.1, 0.15) is 0 Å². The molecule has 2 aliphatic rings. The first kappa shape index (κ1) is 20.2. The van der Waals surface area contributed by atoms with Crippen LogP contribution in [-0.2, 0) is 18.0 Å². The summed E-state index contributed by atoms with van der Waals surface area (Å²) in [6, 6.07) is 1.85. The third kappa shape index (κ3) is 4.76. The second-order valence-electron chi connectivity index (χ2n) is 7.98. The topological polar surface area (TPSA) is 67.5 Å². The number of aromatic nitrogens is 5. The van der Waals surface area contributed by atoms with Crippen molar-refractivity contribution in [2.24, 2.45) is 5.92 Å². The van der Waals surface area contributed by atoms with Gasteiger partial charge in [-0.3, -0.25) is 9.47 Å². The van der Waals surface area contributed by atoms with Crippen molar-refractivity contribution in [1.82, 2.24) is 29.2 Å². The molecule has 0 aliphatic carbocycles. The molecule has 0 bridgehead atoms. The van der Waals surface area contributed by atoms with E-state index >= 15 is 0 Å². The maximum atomic E-state index is 5.82. The normalized spacial score (nSPS) is 18.6. The molecule has 4 heterocycles. The van der Waals surface area contributed by atoms with E-state index in [4.69, 9.17) is 22.1 Å². The van der Waals surface area contributed by atoms with E-state index in [1.165, 1.54) is 0 Å². The summed E-state index contributed by atoms with van der Waals surface area (Å²) in [7, 11) is 0. The fourth-order valence-electron chi connectivity index (χ4n) is 3.78. The summed E-state index contributed by atoms with van der Waals surface area (Å²) in [4.78, 5) is 15.6. The third-order valence-electron chi connectivity index (χ3n) is 5.29. The van der Waals surface area contributed by atoms with Gasteiger partial charge in [0.2, 0.25) is 16.7 Å². The Hall–Kier alpha value is -2.04. The number of ether oxygens (including phenoxy) is 1. The Balaban J connectivity index is 1.46. The Morgan fingerprint density at radius 3 is 2.34 bits per heavy atom. The Labute approximate surface area is 176 Å². The molecule has 158 valence electrons. The van der Waals surface area contributed by atoms with Gasteiger partial charge in [0.25, 0.3) is 0 Å². The van der Waals surface area contributed by atoms with E-state index in [-0.39, 0.29) is 0 Å². The zero-order valence-electron chi connectivity index (χ0n) is 17.3. The van der Waals surface area contributed by atoms with E-state index in [2.05, 4.69) is 43.1 Å². The Morgan fingerprint density at radius 2 is 1.69 bits per heavy atom. The molecule has 2 aromatic heterocycles. The number of hydrogen-bond acceptors (Lipinski definition) is 8. The number of rotatable bonds is 6. The van der Waals surface area contributed by atoms with Crippen LogP contribution >= 0.6 is 12.2 Å². The van der Waals surface area contributed by atoms with E-state index < -0.39 is 0 Å². The minimum absolute atomic E-state index is 0.508. The molecule has 0 spiro atoms. The van der Waals surface area contributed by atoms with Gasteiger partial charge in [-0.25, -0.2) is 14.6 Å². The third-order valence-corrected chi connectivity index (χ3v) is 5.72. The first-order valence-electron chi connectivity index (χ1n) is 10.4. The van der Waals surface area contributed by atoms with Crippen molar-refractivity contribution in [2.75, 3.05) is 62.3 Å². The van der Waals surface area contributed by atoms with Crippen LogP contribution in [-0.4, -0.2) is 81.7 Å². The van der Waals surface area contributed by atoms with E-state index in [1.54, 1.807) is 12.4 Å². The maximum absolute atomic E-state index is 5.82. The number of morpholine rings is 1. The Morgan fingerprint density at radius 1 is 1.00 bits per heavy atom. The number of hydrogen-bond donors (Lipinski definition) is 0. The molecular weight excluding hydrogens is 388 g/mol. The van der Waals surface area contributed by atoms with Crippen LogP contribution in [0.15, 0.2) is 18.5 Å². The minimum Gasteiger partial charge on any atom is -0.378 e. The highest BCUT2D eigenvalue weighted by Crippen LogP contribution is 2.18. The van der Waals surface area contributed by atoms with Crippen molar-refractivity contribution in [3.05, 3.63) is 23.2 Å². The molecule has 9 nitrogen and oxygen atoms in total. The molecule has 0 atom stereocenters. The monoisotopic (exact) mass is 418 g/mol. The number of piperazine rings is 1. The molecule has 0 saturated carbocycles. The fourth-order valence-corrected chi connectivity index (χ4v) is 4.03. The van der Waals surface area contributed by atoms with Crippen molar-refractivity contribution in [3.8, 4) is 0 Å². The van der Waals surface area contributed by atoms with Crippen molar-refractivity contribution in [3.63, 3.8) is 0 Å². The average Bonchev–Trinajstić information content (AvgIpc) is 3.05. The lowest BCUT2D eigenvalue weighted by atomic mass is 10.2. The maximum Gasteiger partial charge on any atom is 0.226 e. The van der Waals surface area contributed by atoms with Gasteiger partial charge in [0.05, 0.1) is 19.9 Å². The quantitative estimate of drug-likeness (QED) is 0.654. The van der Waals surface area contributed by atoms with Crippen LogP contribution in [0.25, 0.3) is 0 Å². The fraction of sp³-hybridized carbons (Fsp3) is 0.684. The van der Waals surface area contributed by atoms with Crippen LogP contribution in [0.4, 0.5) is 11.9 Å². The molecule has 2 saturated heterocycles. The van der Waals surface area contributed by atoms with Crippen molar-refractivity contribution >= 4 is 24.1 Å². The molecule has 0 aromatic carbocycles. The molecule has 4 rings (SSSR count). The predicted octanol–water partition coefficient (Wildman–Crippen LogP) is 1.48. The van der Waals surface area contributed by atoms with Crippen LogP contribution in [0.1, 0.15) is 13.8 Å². The lowest BCUT2D eigenvalue weighted by Crippen LogP contribution is -2.47. The van der Waals surface area contributed by atoms with Gasteiger partial charge in [0.15, 0.2) is 0 Å². The summed E-state index contributed by atoms with van der Waals surface area (Å²) >= 11 is 5.82. The second kappa shape index (κ2) is 9.19. The van der Waals surface area contributed by atoms with Crippen molar-refractivity contribution in [2.45, 2.75) is 27.1 Å². The molecule has 10 heteroatoms. The molecule has 0 radical (unpaired) electrons. The van der Waals surface area contributed by atoms with Crippen LogP contribution in [0.2, 0.25) is 0 Å². The van der Waals surface area contributed by atoms with Gasteiger partial charge in [-0.05, 0) is 24.2 Å². The molecule has 2 aromatic rings. The first-order valence-corrected chi connectivity index (χ1v) is 10.8. The van der Waals surface area contributed by atoms with E-state index in [1.807, 2.05) is 10.7 Å². The summed E-state index contributed by atoms with van der Waals surface area (Å²) in [6.45, 7) is 12.9. The standard InChI is InChI=1S/C19H30N8OS/c1-16(2)14-26-18(25-10-12-28-13-11-25)22-27(19(26)29)15-23-6-8-24(9-7-23)17-20-4-3-5-21-17/h3-5,16H,6-15H2,1-2H3. The predicted molar refractivity (Wildman–Crippen MR) is 115 cm³/mol. The number of nitrogens with zero attached hydrogens (tertiary/aromatic N) is 8. The van der Waals surface area contributed by atoms with Gasteiger partial charge in [-0.2, -0.15) is 0 Å². The minimum atomic E-state index is 0.508. The SMILES string of the molecule is CC(C)Cn1c(N2CCOCC2)nn(CN2CCN(c3ncccn3)CC2)c1=S. The van der Waals surface area contributed by atoms with Crippen LogP contribution in [0.5, 0.6) is 0 Å². The van der Waals surface area contributed by atoms with Gasteiger partial charge < -0.3 is 14.5 Å². The molecule has 0 amide bonds. The zero-order valence-corrected chi connectivity index (χ0v) is 18.1. The van der Waals surface area contributed by atoms with Crippen LogP contribution in [0.3, 0.4) is 0 Å². The molecule has 2 aliphatic heterocycles. The summed E-state index contributed by atoms with van der Waals surface area (Å²) < 4.78 is 10.5. The second-order valence-corrected chi connectivity index (χ2v) is 8.35. The molecular formula is C19H30N8OS. The van der Waals surface area contributed by atoms with E-state index in [0.29, 0.717) is 12.6 Å². The highest BCUT2D eigenvalue weighted by Gasteiger charge is 2.23. The molecule has 2 fully saturated rings. The zero-order chi connectivity index (χ0) is 20.2. The van der Waals surface area contributed by atoms with Gasteiger partial charge >= 0.3 is 0 Å². The Kier molecular flexibility index (Phi) is 6.41. The first-order chi connectivity index (χ1) is 14.1. The summed E-state index contributed by atoms with van der Waals surface area (Å²) in [5.41, 5.74) is 0. The number of anilines is 2. The van der Waals surface area contributed by atoms with Crippen molar-refractivity contribution < 1.29 is 4.74 Å². The molecule has 29 heavy (non-hydrogen) atoms. The van der Waals surface area contributed by atoms with Gasteiger partial charge in [-0.1, -0.05) is 13.8 Å². The Bertz CT molecular complexity index is 838. The van der Waals surface area contributed by atoms with Crippen molar-refractivity contribution in [1.29, 1.82) is 0 Å². The smallest absolute Gasteiger partial charge is 0.226 e. The van der Waals surface area contributed by atoms with Crippen LogP contribution in [0, 0.1) is 10.7 Å². The van der Waals surface area contributed by atoms with Gasteiger partial charge in [-0.15, -0.1) is 5.10 Å².